The van der Waals surface area contributed by atoms with Crippen molar-refractivity contribution in [2.24, 2.45) is 0 Å². The van der Waals surface area contributed by atoms with Crippen molar-refractivity contribution >= 4 is 0 Å². The number of quaternary nitrogens is 1. The molecule has 0 radical (unpaired) electrons. The highest BCUT2D eigenvalue weighted by Gasteiger charge is 2.44. The van der Waals surface area contributed by atoms with E-state index in [1.54, 1.807) is 78.9 Å². The Morgan fingerprint density at radius 3 is 1.06 bits per heavy atom. The molecule has 5 aromatic carbocycles. The minimum atomic E-state index is -5.21. The molecule has 1 aliphatic heterocycles. The van der Waals surface area contributed by atoms with Crippen LogP contribution in [-0.4, -0.2) is 25.8 Å². The molecule has 16 heteroatoms. The van der Waals surface area contributed by atoms with Gasteiger partial charge in [0.15, 0.2) is 0 Å². The standard InChI is InChI=1S/C49H48F12NO2.BrH/c1-26(27-14-12-11-13-15-27)62(8)24-36-34(22-38(44(2,3)4)42(63-9)40(36)28-16-30(46(50,51)52)20-31(17-28)47(53,54)55)35-23-39(45(5,6)7)43(64-10)41(37(35)25-62)29-18-32(48(56,57)58)21-33(19-29)49(59,60)61;/h11-23,26H,24-25H2,1-10H3;1H/q+1;/p-1/t26-;/m0./s1. The molecule has 352 valence electrons. The second-order valence-corrected chi connectivity index (χ2v) is 18.7. The van der Waals surface area contributed by atoms with Crippen molar-refractivity contribution in [3.05, 3.63) is 129 Å². The zero-order chi connectivity index (χ0) is 47.9. The highest BCUT2D eigenvalue weighted by molar-refractivity contribution is 5.91. The van der Waals surface area contributed by atoms with Gasteiger partial charge < -0.3 is 30.9 Å². The van der Waals surface area contributed by atoms with E-state index in [1.807, 2.05) is 19.1 Å². The lowest BCUT2D eigenvalue weighted by Gasteiger charge is -2.41. The molecule has 65 heavy (non-hydrogen) atoms. The summed E-state index contributed by atoms with van der Waals surface area (Å²) in [6.45, 7) is 12.2. The zero-order valence-electron chi connectivity index (χ0n) is 37.2. The van der Waals surface area contributed by atoms with E-state index in [9.17, 15) is 52.7 Å². The summed E-state index contributed by atoms with van der Waals surface area (Å²) in [6, 6.07) is 14.5. The maximum Gasteiger partial charge on any atom is 0.416 e. The van der Waals surface area contributed by atoms with E-state index < -0.39 is 75.0 Å². The highest BCUT2D eigenvalue weighted by Crippen LogP contribution is 2.56. The third-order valence-electron chi connectivity index (χ3n) is 12.1. The molecular weight excluding hydrogens is 942 g/mol. The van der Waals surface area contributed by atoms with Crippen molar-refractivity contribution in [1.82, 2.24) is 0 Å². The molecule has 0 saturated carbocycles. The molecular formula is C49H48BrF12NO2. The van der Waals surface area contributed by atoms with Gasteiger partial charge in [-0.25, -0.2) is 0 Å². The Labute approximate surface area is 380 Å². The first-order valence-corrected chi connectivity index (χ1v) is 20.2. The second kappa shape index (κ2) is 17.2. The smallest absolute Gasteiger partial charge is 0.416 e. The van der Waals surface area contributed by atoms with Crippen LogP contribution in [0.2, 0.25) is 0 Å². The predicted molar refractivity (Wildman–Crippen MR) is 222 cm³/mol. The number of ether oxygens (including phenoxy) is 2. The van der Waals surface area contributed by atoms with Crippen LogP contribution < -0.4 is 26.5 Å². The molecule has 5 aromatic rings. The van der Waals surface area contributed by atoms with Gasteiger partial charge in [-0.2, -0.15) is 52.7 Å². The van der Waals surface area contributed by atoms with Crippen LogP contribution in [0.5, 0.6) is 11.5 Å². The fourth-order valence-electron chi connectivity index (χ4n) is 8.71. The van der Waals surface area contributed by atoms with Crippen LogP contribution in [0.4, 0.5) is 52.7 Å². The third kappa shape index (κ3) is 10.0. The summed E-state index contributed by atoms with van der Waals surface area (Å²) in [7, 11) is 4.30. The largest absolute Gasteiger partial charge is 1.00 e. The molecule has 0 unspecified atom stereocenters. The van der Waals surface area contributed by atoms with Gasteiger partial charge in [-0.1, -0.05) is 71.9 Å². The van der Waals surface area contributed by atoms with Gasteiger partial charge in [0.1, 0.15) is 30.6 Å². The van der Waals surface area contributed by atoms with Gasteiger partial charge in [0.25, 0.3) is 0 Å². The van der Waals surface area contributed by atoms with E-state index in [0.717, 1.165) is 5.56 Å². The molecule has 0 aromatic heterocycles. The molecule has 0 amide bonds. The number of rotatable bonds is 6. The van der Waals surface area contributed by atoms with Crippen LogP contribution >= 0.6 is 0 Å². The van der Waals surface area contributed by atoms with Gasteiger partial charge in [0.2, 0.25) is 0 Å². The maximum atomic E-state index is 14.6. The van der Waals surface area contributed by atoms with Crippen LogP contribution in [-0.2, 0) is 48.6 Å². The minimum absolute atomic E-state index is 0. The number of methoxy groups -OCH3 is 2. The van der Waals surface area contributed by atoms with Crippen molar-refractivity contribution in [3.8, 4) is 44.9 Å². The molecule has 1 atom stereocenters. The van der Waals surface area contributed by atoms with Crippen molar-refractivity contribution in [3.63, 3.8) is 0 Å². The maximum absolute atomic E-state index is 14.6. The Morgan fingerprint density at radius 1 is 0.492 bits per heavy atom. The van der Waals surface area contributed by atoms with Gasteiger partial charge in [0.05, 0.1) is 43.5 Å². The summed E-state index contributed by atoms with van der Waals surface area (Å²) in [5.74, 6) is -0.00270. The zero-order valence-corrected chi connectivity index (χ0v) is 38.8. The molecule has 0 spiro atoms. The lowest BCUT2D eigenvalue weighted by Crippen LogP contribution is -3.00. The number of nitrogens with zero attached hydrogens (tertiary/aromatic N) is 1. The Morgan fingerprint density at radius 2 is 0.800 bits per heavy atom. The summed E-state index contributed by atoms with van der Waals surface area (Å²) in [6.07, 6.45) is -20.9. The van der Waals surface area contributed by atoms with Crippen molar-refractivity contribution in [2.75, 3.05) is 21.3 Å². The molecule has 0 N–H and O–H groups in total. The van der Waals surface area contributed by atoms with E-state index in [2.05, 4.69) is 0 Å². The minimum Gasteiger partial charge on any atom is -1.00 e. The molecule has 0 fully saturated rings. The van der Waals surface area contributed by atoms with Crippen LogP contribution in [0.1, 0.15) is 105 Å². The third-order valence-corrected chi connectivity index (χ3v) is 12.1. The number of hydrogen-bond donors (Lipinski definition) is 0. The summed E-state index contributed by atoms with van der Waals surface area (Å²) >= 11 is 0. The van der Waals surface area contributed by atoms with Gasteiger partial charge in [0, 0.05) is 38.9 Å². The van der Waals surface area contributed by atoms with E-state index in [0.29, 0.717) is 46.5 Å². The number of fused-ring (bicyclic) bond motifs is 3. The Hall–Kier alpha value is -4.70. The van der Waals surface area contributed by atoms with E-state index in [-0.39, 0.29) is 80.4 Å². The monoisotopic (exact) mass is 989 g/mol. The molecule has 0 aliphatic carbocycles. The molecule has 3 nitrogen and oxygen atoms in total. The number of alkyl halides is 12. The molecule has 1 heterocycles. The topological polar surface area (TPSA) is 18.5 Å². The quantitative estimate of drug-likeness (QED) is 0.125. The summed E-state index contributed by atoms with van der Waals surface area (Å²) < 4.78 is 187. The number of benzene rings is 5. The lowest BCUT2D eigenvalue weighted by molar-refractivity contribution is -0.962. The lowest BCUT2D eigenvalue weighted by atomic mass is 9.76. The number of halogens is 13. The second-order valence-electron chi connectivity index (χ2n) is 18.7. The van der Waals surface area contributed by atoms with Crippen LogP contribution in [0, 0.1) is 0 Å². The average molecular weight is 991 g/mol. The first kappa shape index (κ1) is 51.3. The summed E-state index contributed by atoms with van der Waals surface area (Å²) in [5, 5.41) is 0. The van der Waals surface area contributed by atoms with Gasteiger partial charge in [-0.3, -0.25) is 0 Å². The van der Waals surface area contributed by atoms with Crippen LogP contribution in [0.15, 0.2) is 78.9 Å². The van der Waals surface area contributed by atoms with Crippen LogP contribution in [0.25, 0.3) is 33.4 Å². The Balaban J connectivity index is 0.00000793. The fourth-order valence-corrected chi connectivity index (χ4v) is 8.71. The number of hydrogen-bond acceptors (Lipinski definition) is 2. The van der Waals surface area contributed by atoms with Gasteiger partial charge >= 0.3 is 24.7 Å². The van der Waals surface area contributed by atoms with Crippen molar-refractivity contribution < 1.29 is 83.6 Å². The fraction of sp³-hybridized carbons (Fsp3) is 0.388. The Bertz CT molecular complexity index is 2360. The van der Waals surface area contributed by atoms with Crippen molar-refractivity contribution in [2.45, 2.75) is 103 Å². The SMILES string of the molecule is COc1c(C(C)(C)C)cc2c(c1-c1cc(C(F)(F)F)cc(C(F)(F)F)c1)C[N+](C)([C@@H](C)c1ccccc1)Cc1c-2cc(C(C)(C)C)c(OC)c1-c1cc(C(F)(F)F)cc(C(F)(F)F)c1.[Br-]. The van der Waals surface area contributed by atoms with Crippen LogP contribution in [0.3, 0.4) is 0 Å². The van der Waals surface area contributed by atoms with E-state index in [4.69, 9.17) is 9.47 Å². The first-order valence-electron chi connectivity index (χ1n) is 20.2. The molecule has 1 aliphatic rings. The molecule has 0 saturated heterocycles. The van der Waals surface area contributed by atoms with Gasteiger partial charge in [-0.05, 0) is 88.5 Å². The van der Waals surface area contributed by atoms with Gasteiger partial charge in [-0.15, -0.1) is 0 Å². The average Bonchev–Trinajstić information content (AvgIpc) is 3.30. The first-order chi connectivity index (χ1) is 29.2. The normalized spacial score (nSPS) is 15.0. The van der Waals surface area contributed by atoms with E-state index in [1.165, 1.54) is 14.2 Å². The highest BCUT2D eigenvalue weighted by atomic mass is 79.9. The van der Waals surface area contributed by atoms with Crippen molar-refractivity contribution in [1.29, 1.82) is 0 Å². The molecule has 6 rings (SSSR count). The Kier molecular flexibility index (Phi) is 13.6. The summed E-state index contributed by atoms with van der Waals surface area (Å²) in [5.41, 5.74) is -6.59. The predicted octanol–water partition coefficient (Wildman–Crippen LogP) is 12.6. The van der Waals surface area contributed by atoms with E-state index >= 15 is 0 Å². The summed E-state index contributed by atoms with van der Waals surface area (Å²) in [4.78, 5) is 0. The molecule has 0 bridgehead atoms.